The van der Waals surface area contributed by atoms with Crippen molar-refractivity contribution in [2.24, 2.45) is 0 Å². The minimum Gasteiger partial charge on any atom is -0.481 e. The van der Waals surface area contributed by atoms with Crippen molar-refractivity contribution in [1.29, 1.82) is 0 Å². The molecule has 1 aromatic rings. The van der Waals surface area contributed by atoms with Gasteiger partial charge >= 0.3 is 5.97 Å². The molecule has 0 aliphatic rings. The Balaban J connectivity index is 2.09. The number of nitrogens with zero attached hydrogens (tertiary/aromatic N) is 1. The van der Waals surface area contributed by atoms with Crippen LogP contribution in [0.5, 0.6) is 0 Å². The van der Waals surface area contributed by atoms with Crippen LogP contribution in [-0.2, 0) is 11.3 Å². The summed E-state index contributed by atoms with van der Waals surface area (Å²) < 4.78 is 0. The van der Waals surface area contributed by atoms with Gasteiger partial charge in [-0.3, -0.25) is 9.78 Å². The maximum Gasteiger partial charge on any atom is 0.303 e. The van der Waals surface area contributed by atoms with Crippen molar-refractivity contribution in [3.8, 4) is 0 Å². The highest BCUT2D eigenvalue weighted by Gasteiger charge is 1.97. The minimum atomic E-state index is -0.722. The zero-order valence-electron chi connectivity index (χ0n) is 9.57. The summed E-state index contributed by atoms with van der Waals surface area (Å²) in [6, 6.07) is 5.94. The van der Waals surface area contributed by atoms with Gasteiger partial charge in [-0.1, -0.05) is 6.07 Å². The van der Waals surface area contributed by atoms with Gasteiger partial charge in [0.05, 0.1) is 5.69 Å². The van der Waals surface area contributed by atoms with Crippen LogP contribution in [0, 0.1) is 6.92 Å². The van der Waals surface area contributed by atoms with Gasteiger partial charge in [0.15, 0.2) is 0 Å². The van der Waals surface area contributed by atoms with Crippen LogP contribution in [0.25, 0.3) is 0 Å². The number of nitrogens with one attached hydrogen (secondary N) is 1. The lowest BCUT2D eigenvalue weighted by Gasteiger charge is -2.04. The molecule has 88 valence electrons. The largest absolute Gasteiger partial charge is 0.481 e. The van der Waals surface area contributed by atoms with E-state index in [1.807, 2.05) is 25.1 Å². The van der Waals surface area contributed by atoms with Crippen molar-refractivity contribution < 1.29 is 9.90 Å². The lowest BCUT2D eigenvalue weighted by molar-refractivity contribution is -0.137. The molecule has 0 aliphatic heterocycles. The Bertz CT molecular complexity index is 340. The van der Waals surface area contributed by atoms with E-state index in [1.54, 1.807) is 0 Å². The Labute approximate surface area is 95.7 Å². The molecular formula is C12H18N2O2. The van der Waals surface area contributed by atoms with Crippen LogP contribution in [0.1, 0.15) is 30.7 Å². The smallest absolute Gasteiger partial charge is 0.303 e. The van der Waals surface area contributed by atoms with Gasteiger partial charge in [0, 0.05) is 18.7 Å². The first-order chi connectivity index (χ1) is 7.68. The standard InChI is InChI=1S/C12H18N2O2/c1-10-5-4-6-11(14-10)9-13-8-3-2-7-12(15)16/h4-6,13H,2-3,7-9H2,1H3,(H,15,16). The fourth-order valence-corrected chi connectivity index (χ4v) is 1.44. The maximum absolute atomic E-state index is 10.3. The third-order valence-corrected chi connectivity index (χ3v) is 2.25. The number of unbranched alkanes of at least 4 members (excludes halogenated alkanes) is 1. The number of pyridine rings is 1. The fraction of sp³-hybridized carbons (Fsp3) is 0.500. The number of hydrogen-bond donors (Lipinski definition) is 2. The van der Waals surface area contributed by atoms with E-state index in [4.69, 9.17) is 5.11 Å². The van der Waals surface area contributed by atoms with Gasteiger partial charge in [-0.05, 0) is 38.4 Å². The summed E-state index contributed by atoms with van der Waals surface area (Å²) in [5.41, 5.74) is 2.04. The second kappa shape index (κ2) is 6.95. The fourth-order valence-electron chi connectivity index (χ4n) is 1.44. The van der Waals surface area contributed by atoms with Crippen LogP contribution in [0.4, 0.5) is 0 Å². The van der Waals surface area contributed by atoms with Crippen LogP contribution in [0.15, 0.2) is 18.2 Å². The van der Waals surface area contributed by atoms with E-state index in [-0.39, 0.29) is 6.42 Å². The molecule has 0 saturated carbocycles. The van der Waals surface area contributed by atoms with Gasteiger partial charge in [-0.15, -0.1) is 0 Å². The van der Waals surface area contributed by atoms with Crippen LogP contribution in [0.3, 0.4) is 0 Å². The second-order valence-electron chi connectivity index (χ2n) is 3.80. The SMILES string of the molecule is Cc1cccc(CNCCCCC(=O)O)n1. The molecule has 1 heterocycles. The first kappa shape index (κ1) is 12.6. The van der Waals surface area contributed by atoms with Crippen molar-refractivity contribution in [2.45, 2.75) is 32.7 Å². The van der Waals surface area contributed by atoms with E-state index in [0.29, 0.717) is 0 Å². The van der Waals surface area contributed by atoms with Crippen molar-refractivity contribution in [3.05, 3.63) is 29.6 Å². The first-order valence-corrected chi connectivity index (χ1v) is 5.53. The molecule has 1 aromatic heterocycles. The van der Waals surface area contributed by atoms with E-state index in [0.717, 1.165) is 37.3 Å². The van der Waals surface area contributed by atoms with Crippen LogP contribution >= 0.6 is 0 Å². The van der Waals surface area contributed by atoms with Gasteiger partial charge in [-0.2, -0.15) is 0 Å². The van der Waals surface area contributed by atoms with Gasteiger partial charge in [0.2, 0.25) is 0 Å². The molecule has 0 bridgehead atoms. The molecule has 0 fully saturated rings. The Morgan fingerprint density at radius 3 is 2.94 bits per heavy atom. The van der Waals surface area contributed by atoms with E-state index < -0.39 is 5.97 Å². The van der Waals surface area contributed by atoms with Crippen molar-refractivity contribution in [2.75, 3.05) is 6.54 Å². The number of carboxylic acid groups (broad SMARTS) is 1. The number of hydrogen-bond acceptors (Lipinski definition) is 3. The normalized spacial score (nSPS) is 10.3. The lowest BCUT2D eigenvalue weighted by atomic mass is 10.2. The zero-order valence-corrected chi connectivity index (χ0v) is 9.57. The highest BCUT2D eigenvalue weighted by molar-refractivity contribution is 5.66. The Hall–Kier alpha value is -1.42. The summed E-state index contributed by atoms with van der Waals surface area (Å²) in [4.78, 5) is 14.6. The summed E-state index contributed by atoms with van der Waals surface area (Å²) in [5, 5.41) is 11.7. The van der Waals surface area contributed by atoms with E-state index in [1.165, 1.54) is 0 Å². The molecule has 4 heteroatoms. The quantitative estimate of drug-likeness (QED) is 0.690. The average Bonchev–Trinajstić information content (AvgIpc) is 2.23. The molecular weight excluding hydrogens is 204 g/mol. The molecule has 0 atom stereocenters. The van der Waals surface area contributed by atoms with Gasteiger partial charge in [-0.25, -0.2) is 0 Å². The summed E-state index contributed by atoms with van der Waals surface area (Å²) in [6.07, 6.45) is 1.87. The molecule has 0 amide bonds. The molecule has 0 aliphatic carbocycles. The Kier molecular flexibility index (Phi) is 5.50. The summed E-state index contributed by atoms with van der Waals surface area (Å²) in [6.45, 7) is 3.55. The van der Waals surface area contributed by atoms with E-state index >= 15 is 0 Å². The summed E-state index contributed by atoms with van der Waals surface area (Å²) >= 11 is 0. The topological polar surface area (TPSA) is 62.2 Å². The van der Waals surface area contributed by atoms with E-state index in [2.05, 4.69) is 10.3 Å². The molecule has 0 unspecified atom stereocenters. The van der Waals surface area contributed by atoms with Crippen LogP contribution in [-0.4, -0.2) is 22.6 Å². The van der Waals surface area contributed by atoms with Gasteiger partial charge in [0.1, 0.15) is 0 Å². The Morgan fingerprint density at radius 2 is 2.25 bits per heavy atom. The average molecular weight is 222 g/mol. The molecule has 2 N–H and O–H groups in total. The van der Waals surface area contributed by atoms with Gasteiger partial charge < -0.3 is 10.4 Å². The minimum absolute atomic E-state index is 0.254. The summed E-state index contributed by atoms with van der Waals surface area (Å²) in [7, 11) is 0. The Morgan fingerprint density at radius 1 is 1.44 bits per heavy atom. The predicted octanol–water partition coefficient (Wildman–Crippen LogP) is 1.73. The summed E-state index contributed by atoms with van der Waals surface area (Å²) in [5.74, 6) is -0.722. The number of carbonyl (C=O) groups is 1. The van der Waals surface area contributed by atoms with Crippen LogP contribution in [0.2, 0.25) is 0 Å². The first-order valence-electron chi connectivity index (χ1n) is 5.53. The molecule has 0 spiro atoms. The predicted molar refractivity (Wildman–Crippen MR) is 62.2 cm³/mol. The number of carboxylic acids is 1. The highest BCUT2D eigenvalue weighted by Crippen LogP contribution is 1.98. The number of aliphatic carboxylic acids is 1. The zero-order chi connectivity index (χ0) is 11.8. The van der Waals surface area contributed by atoms with Crippen molar-refractivity contribution >= 4 is 5.97 Å². The molecule has 0 saturated heterocycles. The third-order valence-electron chi connectivity index (χ3n) is 2.25. The number of rotatable bonds is 7. The molecule has 4 nitrogen and oxygen atoms in total. The highest BCUT2D eigenvalue weighted by atomic mass is 16.4. The van der Waals surface area contributed by atoms with E-state index in [9.17, 15) is 4.79 Å². The lowest BCUT2D eigenvalue weighted by Crippen LogP contribution is -2.16. The maximum atomic E-state index is 10.3. The second-order valence-corrected chi connectivity index (χ2v) is 3.80. The van der Waals surface area contributed by atoms with Crippen LogP contribution < -0.4 is 5.32 Å². The van der Waals surface area contributed by atoms with Crippen molar-refractivity contribution in [1.82, 2.24) is 10.3 Å². The number of aromatic nitrogens is 1. The molecule has 16 heavy (non-hydrogen) atoms. The monoisotopic (exact) mass is 222 g/mol. The number of aryl methyl sites for hydroxylation is 1. The van der Waals surface area contributed by atoms with Gasteiger partial charge in [0.25, 0.3) is 0 Å². The molecule has 0 aromatic carbocycles. The van der Waals surface area contributed by atoms with Crippen molar-refractivity contribution in [3.63, 3.8) is 0 Å². The third kappa shape index (κ3) is 5.46. The molecule has 0 radical (unpaired) electrons. The molecule has 1 rings (SSSR count).